The van der Waals surface area contributed by atoms with E-state index in [-0.39, 0.29) is 28.6 Å². The Morgan fingerprint density at radius 1 is 1.44 bits per heavy atom. The fourth-order valence-corrected chi connectivity index (χ4v) is 2.86. The fraction of sp³-hybridized carbons (Fsp3) is 0.583. The van der Waals surface area contributed by atoms with Crippen LogP contribution in [-0.2, 0) is 14.4 Å². The Morgan fingerprint density at radius 2 is 2.00 bits per heavy atom. The van der Waals surface area contributed by atoms with E-state index in [1.165, 1.54) is 16.7 Å². The Labute approximate surface area is 110 Å². The topological polar surface area (TPSA) is 74.7 Å². The number of hydrogen-bond donors (Lipinski definition) is 1. The monoisotopic (exact) mass is 271 g/mol. The van der Waals surface area contributed by atoms with E-state index in [1.54, 1.807) is 27.2 Å². The fourth-order valence-electron chi connectivity index (χ4n) is 1.96. The van der Waals surface area contributed by atoms with Crippen molar-refractivity contribution in [1.82, 2.24) is 4.90 Å². The van der Waals surface area contributed by atoms with Crippen molar-refractivity contribution in [3.63, 3.8) is 0 Å². The number of amides is 1. The largest absolute Gasteiger partial charge is 0.481 e. The second kappa shape index (κ2) is 5.56. The third-order valence-electron chi connectivity index (χ3n) is 2.84. The molecule has 0 saturated carbocycles. The highest BCUT2D eigenvalue weighted by Gasteiger charge is 2.40. The highest BCUT2D eigenvalue weighted by Crippen LogP contribution is 2.34. The molecule has 0 unspecified atom stereocenters. The lowest BCUT2D eigenvalue weighted by Gasteiger charge is -2.21. The lowest BCUT2D eigenvalue weighted by Crippen LogP contribution is -2.31. The van der Waals surface area contributed by atoms with Crippen LogP contribution in [0, 0.1) is 5.92 Å². The number of carboxylic acid groups (broad SMARTS) is 1. The molecule has 1 atom stereocenters. The van der Waals surface area contributed by atoms with Gasteiger partial charge in [-0.1, -0.05) is 13.8 Å². The molecule has 1 aliphatic heterocycles. The number of carboxylic acids is 1. The molecule has 0 spiro atoms. The Kier molecular flexibility index (Phi) is 4.56. The number of ketones is 1. The van der Waals surface area contributed by atoms with Crippen LogP contribution in [0.5, 0.6) is 0 Å². The average molecular weight is 271 g/mol. The van der Waals surface area contributed by atoms with E-state index in [1.807, 2.05) is 0 Å². The van der Waals surface area contributed by atoms with Crippen LogP contribution in [0.15, 0.2) is 11.1 Å². The number of carbonyl (C=O) groups is 3. The quantitative estimate of drug-likeness (QED) is 0.811. The minimum atomic E-state index is -1.09. The number of Topliss-reactive ketones (excluding diaryl/α,β-unsaturated/α-hetero) is 1. The number of thioether (sulfide) groups is 1. The molecule has 1 amide bonds. The predicted molar refractivity (Wildman–Crippen MR) is 69.2 cm³/mol. The Balaban J connectivity index is 3.28. The van der Waals surface area contributed by atoms with Crippen molar-refractivity contribution < 1.29 is 19.5 Å². The van der Waals surface area contributed by atoms with Crippen LogP contribution in [0.25, 0.3) is 0 Å². The van der Waals surface area contributed by atoms with Gasteiger partial charge in [0.05, 0.1) is 6.42 Å². The van der Waals surface area contributed by atoms with Gasteiger partial charge in [0.1, 0.15) is 5.37 Å². The van der Waals surface area contributed by atoms with Crippen LogP contribution in [0.2, 0.25) is 0 Å². The van der Waals surface area contributed by atoms with Gasteiger partial charge in [-0.25, -0.2) is 0 Å². The molecular weight excluding hydrogens is 254 g/mol. The van der Waals surface area contributed by atoms with Gasteiger partial charge in [-0.05, 0) is 6.26 Å². The molecular formula is C12H17NO4S. The number of nitrogens with zero attached hydrogens (tertiary/aromatic N) is 1. The molecule has 0 fully saturated rings. The highest BCUT2D eigenvalue weighted by molar-refractivity contribution is 7.99. The smallest absolute Gasteiger partial charge is 0.308 e. The summed E-state index contributed by atoms with van der Waals surface area (Å²) in [5.74, 6) is -1.86. The van der Waals surface area contributed by atoms with Crippen molar-refractivity contribution in [1.29, 1.82) is 0 Å². The SMILES string of the molecule is CS[C@H]1C(C(=O)C(C)C)=C(CC(=O)O)C(=O)N1C. The molecule has 5 nitrogen and oxygen atoms in total. The maximum Gasteiger partial charge on any atom is 0.308 e. The number of carbonyl (C=O) groups excluding carboxylic acids is 2. The molecule has 0 aliphatic carbocycles. The Hall–Kier alpha value is -1.30. The van der Waals surface area contributed by atoms with Gasteiger partial charge >= 0.3 is 5.97 Å². The molecule has 0 radical (unpaired) electrons. The molecule has 18 heavy (non-hydrogen) atoms. The van der Waals surface area contributed by atoms with E-state index in [4.69, 9.17) is 5.11 Å². The summed E-state index contributed by atoms with van der Waals surface area (Å²) in [4.78, 5) is 36.4. The van der Waals surface area contributed by atoms with E-state index in [2.05, 4.69) is 0 Å². The molecule has 0 bridgehead atoms. The molecule has 1 N–H and O–H groups in total. The van der Waals surface area contributed by atoms with Crippen molar-refractivity contribution in [2.24, 2.45) is 5.92 Å². The van der Waals surface area contributed by atoms with Crippen molar-refractivity contribution in [2.75, 3.05) is 13.3 Å². The summed E-state index contributed by atoms with van der Waals surface area (Å²) in [7, 11) is 1.59. The van der Waals surface area contributed by atoms with E-state index in [0.29, 0.717) is 5.57 Å². The second-order valence-corrected chi connectivity index (χ2v) is 5.40. The van der Waals surface area contributed by atoms with Gasteiger partial charge in [0.25, 0.3) is 5.91 Å². The predicted octanol–water partition coefficient (Wildman–Crippen LogP) is 1.14. The zero-order chi connectivity index (χ0) is 14.0. The van der Waals surface area contributed by atoms with E-state index in [9.17, 15) is 14.4 Å². The first-order chi connectivity index (χ1) is 8.31. The van der Waals surface area contributed by atoms with Gasteiger partial charge in [-0.2, -0.15) is 0 Å². The summed E-state index contributed by atoms with van der Waals surface area (Å²) >= 11 is 1.36. The van der Waals surface area contributed by atoms with Crippen molar-refractivity contribution >= 4 is 29.4 Å². The zero-order valence-corrected chi connectivity index (χ0v) is 11.7. The zero-order valence-electron chi connectivity index (χ0n) is 10.9. The van der Waals surface area contributed by atoms with Crippen LogP contribution >= 0.6 is 11.8 Å². The second-order valence-electron chi connectivity index (χ2n) is 4.49. The molecule has 100 valence electrons. The van der Waals surface area contributed by atoms with Gasteiger partial charge in [0.2, 0.25) is 0 Å². The minimum Gasteiger partial charge on any atom is -0.481 e. The maximum absolute atomic E-state index is 12.2. The third kappa shape index (κ3) is 2.58. The van der Waals surface area contributed by atoms with Gasteiger partial charge in [0.15, 0.2) is 5.78 Å². The third-order valence-corrected chi connectivity index (χ3v) is 3.84. The lowest BCUT2D eigenvalue weighted by atomic mass is 9.96. The normalized spacial score (nSPS) is 19.9. The van der Waals surface area contributed by atoms with E-state index >= 15 is 0 Å². The lowest BCUT2D eigenvalue weighted by molar-refractivity contribution is -0.137. The summed E-state index contributed by atoms with van der Waals surface area (Å²) in [5, 5.41) is 8.48. The standard InChI is InChI=1S/C12H17NO4S/c1-6(2)10(16)9-7(5-8(14)15)11(17)13(3)12(9)18-4/h6,12H,5H2,1-4H3,(H,14,15)/t12-/m0/s1. The molecule has 1 heterocycles. The van der Waals surface area contributed by atoms with Crippen LogP contribution < -0.4 is 0 Å². The van der Waals surface area contributed by atoms with Gasteiger partial charge in [0, 0.05) is 24.1 Å². The molecule has 0 aromatic rings. The average Bonchev–Trinajstić information content (AvgIpc) is 2.51. The number of rotatable bonds is 5. The first kappa shape index (κ1) is 14.8. The first-order valence-electron chi connectivity index (χ1n) is 5.60. The molecule has 1 aliphatic rings. The van der Waals surface area contributed by atoms with Crippen LogP contribution in [0.3, 0.4) is 0 Å². The van der Waals surface area contributed by atoms with E-state index < -0.39 is 12.4 Å². The maximum atomic E-state index is 12.2. The summed E-state index contributed by atoms with van der Waals surface area (Å²) in [6.45, 7) is 3.49. The van der Waals surface area contributed by atoms with Gasteiger partial charge in [-0.3, -0.25) is 14.4 Å². The van der Waals surface area contributed by atoms with Crippen LogP contribution in [0.4, 0.5) is 0 Å². The number of aliphatic carboxylic acids is 1. The van der Waals surface area contributed by atoms with Crippen molar-refractivity contribution in [3.8, 4) is 0 Å². The Morgan fingerprint density at radius 3 is 2.39 bits per heavy atom. The van der Waals surface area contributed by atoms with Gasteiger partial charge < -0.3 is 10.0 Å². The molecule has 6 heteroatoms. The number of hydrogen-bond acceptors (Lipinski definition) is 4. The van der Waals surface area contributed by atoms with Crippen LogP contribution in [0.1, 0.15) is 20.3 Å². The summed E-state index contributed by atoms with van der Waals surface area (Å²) < 4.78 is 0. The summed E-state index contributed by atoms with van der Waals surface area (Å²) in [6, 6.07) is 0. The van der Waals surface area contributed by atoms with Crippen molar-refractivity contribution in [2.45, 2.75) is 25.6 Å². The highest BCUT2D eigenvalue weighted by atomic mass is 32.2. The summed E-state index contributed by atoms with van der Waals surface area (Å²) in [5.41, 5.74) is 0.482. The van der Waals surface area contributed by atoms with Crippen molar-refractivity contribution in [3.05, 3.63) is 11.1 Å². The molecule has 0 aromatic carbocycles. The van der Waals surface area contributed by atoms with Crippen LogP contribution in [-0.4, -0.2) is 46.3 Å². The van der Waals surface area contributed by atoms with E-state index in [0.717, 1.165) is 0 Å². The Bertz CT molecular complexity index is 428. The minimum absolute atomic E-state index is 0.128. The summed E-state index contributed by atoms with van der Waals surface area (Å²) in [6.07, 6.45) is 1.40. The molecule has 0 aromatic heterocycles. The van der Waals surface area contributed by atoms with Gasteiger partial charge in [-0.15, -0.1) is 11.8 Å². The number of likely N-dealkylation sites (N-methyl/N-ethyl adjacent to an activating group) is 1. The molecule has 1 rings (SSSR count). The molecule has 0 saturated heterocycles. The first-order valence-corrected chi connectivity index (χ1v) is 6.89.